The number of nitrogens with zero attached hydrogens (tertiary/aromatic N) is 3. The standard InChI is InChI=1S/C9H8N4O2S/c14-7-2-1-6(10-4-7)3-8(15)12-9-13-11-5-16-9/h1-2,4-5,14H,3H2,(H,12,13,15). The van der Waals surface area contributed by atoms with E-state index in [2.05, 4.69) is 20.5 Å². The van der Waals surface area contributed by atoms with E-state index in [0.29, 0.717) is 10.8 Å². The van der Waals surface area contributed by atoms with E-state index in [1.807, 2.05) is 0 Å². The summed E-state index contributed by atoms with van der Waals surface area (Å²) < 4.78 is 0. The summed E-state index contributed by atoms with van der Waals surface area (Å²) in [6.07, 6.45) is 1.44. The molecule has 0 aliphatic rings. The minimum atomic E-state index is -0.213. The Kier molecular flexibility index (Phi) is 3.06. The molecule has 0 aliphatic carbocycles. The Hall–Kier alpha value is -2.02. The number of hydrogen-bond acceptors (Lipinski definition) is 6. The second kappa shape index (κ2) is 4.67. The number of aromatic nitrogens is 3. The Morgan fingerprint density at radius 3 is 3.00 bits per heavy atom. The van der Waals surface area contributed by atoms with Gasteiger partial charge < -0.3 is 10.4 Å². The first-order valence-electron chi connectivity index (χ1n) is 4.44. The summed E-state index contributed by atoms with van der Waals surface area (Å²) in [5.41, 5.74) is 2.12. The third-order valence-electron chi connectivity index (χ3n) is 1.76. The van der Waals surface area contributed by atoms with Crippen LogP contribution in [0.5, 0.6) is 5.75 Å². The molecular formula is C9H8N4O2S. The molecule has 0 bridgehead atoms. The zero-order chi connectivity index (χ0) is 11.4. The van der Waals surface area contributed by atoms with E-state index in [9.17, 15) is 4.79 Å². The Morgan fingerprint density at radius 2 is 2.38 bits per heavy atom. The van der Waals surface area contributed by atoms with Gasteiger partial charge >= 0.3 is 0 Å². The van der Waals surface area contributed by atoms with Crippen LogP contribution in [0.2, 0.25) is 0 Å². The minimum absolute atomic E-state index is 0.0771. The van der Waals surface area contributed by atoms with Gasteiger partial charge in [-0.05, 0) is 12.1 Å². The average molecular weight is 236 g/mol. The zero-order valence-electron chi connectivity index (χ0n) is 8.12. The number of nitrogens with one attached hydrogen (secondary N) is 1. The van der Waals surface area contributed by atoms with Crippen molar-refractivity contribution in [1.29, 1.82) is 0 Å². The molecule has 0 spiro atoms. The highest BCUT2D eigenvalue weighted by Crippen LogP contribution is 2.10. The minimum Gasteiger partial charge on any atom is -0.506 e. The molecule has 2 aromatic rings. The van der Waals surface area contributed by atoms with E-state index in [1.54, 1.807) is 6.07 Å². The predicted octanol–water partition coefficient (Wildman–Crippen LogP) is 0.820. The Balaban J connectivity index is 1.95. The Bertz CT molecular complexity index is 469. The van der Waals surface area contributed by atoms with E-state index in [1.165, 1.54) is 29.1 Å². The summed E-state index contributed by atoms with van der Waals surface area (Å²) in [6, 6.07) is 3.08. The maximum absolute atomic E-state index is 11.5. The molecule has 2 heterocycles. The summed E-state index contributed by atoms with van der Waals surface area (Å²) >= 11 is 1.25. The smallest absolute Gasteiger partial charge is 0.232 e. The van der Waals surface area contributed by atoms with Crippen LogP contribution in [-0.2, 0) is 11.2 Å². The normalized spacial score (nSPS) is 10.0. The van der Waals surface area contributed by atoms with Crippen LogP contribution in [0.1, 0.15) is 5.69 Å². The topological polar surface area (TPSA) is 88.0 Å². The fourth-order valence-corrected chi connectivity index (χ4v) is 1.54. The number of carbonyl (C=O) groups is 1. The largest absolute Gasteiger partial charge is 0.506 e. The molecule has 82 valence electrons. The van der Waals surface area contributed by atoms with E-state index >= 15 is 0 Å². The third-order valence-corrected chi connectivity index (χ3v) is 2.36. The molecule has 0 saturated heterocycles. The van der Waals surface area contributed by atoms with Crippen molar-refractivity contribution < 1.29 is 9.90 Å². The number of pyridine rings is 1. The molecule has 0 atom stereocenters. The molecule has 0 unspecified atom stereocenters. The summed E-state index contributed by atoms with van der Waals surface area (Å²) in [7, 11) is 0. The van der Waals surface area contributed by atoms with Crippen LogP contribution in [0.4, 0.5) is 5.13 Å². The second-order valence-corrected chi connectivity index (χ2v) is 3.81. The van der Waals surface area contributed by atoms with Crippen LogP contribution in [0, 0.1) is 0 Å². The molecule has 0 aliphatic heterocycles. The maximum atomic E-state index is 11.5. The molecule has 0 radical (unpaired) electrons. The van der Waals surface area contributed by atoms with E-state index in [-0.39, 0.29) is 18.1 Å². The number of amides is 1. The highest BCUT2D eigenvalue weighted by atomic mass is 32.1. The van der Waals surface area contributed by atoms with Gasteiger partial charge in [-0.3, -0.25) is 9.78 Å². The quantitative estimate of drug-likeness (QED) is 0.823. The van der Waals surface area contributed by atoms with Gasteiger partial charge in [0.05, 0.1) is 12.6 Å². The van der Waals surface area contributed by atoms with Gasteiger partial charge in [0.1, 0.15) is 11.3 Å². The van der Waals surface area contributed by atoms with Crippen molar-refractivity contribution in [3.63, 3.8) is 0 Å². The van der Waals surface area contributed by atoms with Crippen LogP contribution < -0.4 is 5.32 Å². The molecule has 7 heteroatoms. The number of rotatable bonds is 3. The van der Waals surface area contributed by atoms with Gasteiger partial charge in [-0.1, -0.05) is 11.3 Å². The lowest BCUT2D eigenvalue weighted by molar-refractivity contribution is -0.115. The number of carbonyl (C=O) groups excluding carboxylic acids is 1. The van der Waals surface area contributed by atoms with Crippen LogP contribution in [0.15, 0.2) is 23.8 Å². The zero-order valence-corrected chi connectivity index (χ0v) is 8.94. The molecule has 1 amide bonds. The van der Waals surface area contributed by atoms with Crippen molar-refractivity contribution in [2.45, 2.75) is 6.42 Å². The van der Waals surface area contributed by atoms with Crippen LogP contribution in [0.25, 0.3) is 0 Å². The maximum Gasteiger partial charge on any atom is 0.232 e. The lowest BCUT2D eigenvalue weighted by atomic mass is 10.2. The van der Waals surface area contributed by atoms with Gasteiger partial charge in [0.15, 0.2) is 0 Å². The summed E-state index contributed by atoms with van der Waals surface area (Å²) in [5, 5.41) is 19.4. The van der Waals surface area contributed by atoms with E-state index in [0.717, 1.165) is 0 Å². The molecule has 2 N–H and O–H groups in total. The number of anilines is 1. The van der Waals surface area contributed by atoms with Gasteiger partial charge in [0, 0.05) is 5.69 Å². The first kappa shape index (κ1) is 10.5. The van der Waals surface area contributed by atoms with Crippen molar-refractivity contribution >= 4 is 22.4 Å². The first-order valence-corrected chi connectivity index (χ1v) is 5.32. The lowest BCUT2D eigenvalue weighted by Gasteiger charge is -2.00. The predicted molar refractivity (Wildman–Crippen MR) is 58.1 cm³/mol. The second-order valence-electron chi connectivity index (χ2n) is 2.98. The first-order chi connectivity index (χ1) is 7.74. The fraction of sp³-hybridized carbons (Fsp3) is 0.111. The average Bonchev–Trinajstić information content (AvgIpc) is 2.74. The summed E-state index contributed by atoms with van der Waals surface area (Å²) in [4.78, 5) is 15.4. The number of hydrogen-bond donors (Lipinski definition) is 2. The van der Waals surface area contributed by atoms with Crippen LogP contribution in [0.3, 0.4) is 0 Å². The third kappa shape index (κ3) is 2.74. The highest BCUT2D eigenvalue weighted by molar-refractivity contribution is 7.13. The van der Waals surface area contributed by atoms with Gasteiger partial charge in [0.25, 0.3) is 0 Å². The Labute approximate surface area is 95.0 Å². The van der Waals surface area contributed by atoms with Gasteiger partial charge in [-0.25, -0.2) is 0 Å². The SMILES string of the molecule is O=C(Cc1ccc(O)cn1)Nc1nncs1. The highest BCUT2D eigenvalue weighted by Gasteiger charge is 2.06. The van der Waals surface area contributed by atoms with Crippen molar-refractivity contribution in [2.75, 3.05) is 5.32 Å². The van der Waals surface area contributed by atoms with Crippen molar-refractivity contribution in [3.05, 3.63) is 29.5 Å². The van der Waals surface area contributed by atoms with Gasteiger partial charge in [0.2, 0.25) is 11.0 Å². The van der Waals surface area contributed by atoms with Crippen molar-refractivity contribution in [3.8, 4) is 5.75 Å². The molecule has 0 saturated carbocycles. The van der Waals surface area contributed by atoms with E-state index < -0.39 is 0 Å². The van der Waals surface area contributed by atoms with Crippen molar-refractivity contribution in [1.82, 2.24) is 15.2 Å². The summed E-state index contributed by atoms with van der Waals surface area (Å²) in [5.74, 6) is -0.136. The van der Waals surface area contributed by atoms with E-state index in [4.69, 9.17) is 5.11 Å². The molecule has 0 aromatic carbocycles. The number of aromatic hydroxyl groups is 1. The molecule has 2 aromatic heterocycles. The molecule has 16 heavy (non-hydrogen) atoms. The molecular weight excluding hydrogens is 228 g/mol. The molecule has 2 rings (SSSR count). The lowest BCUT2D eigenvalue weighted by Crippen LogP contribution is -2.14. The van der Waals surface area contributed by atoms with Crippen molar-refractivity contribution in [2.24, 2.45) is 0 Å². The van der Waals surface area contributed by atoms with Crippen LogP contribution in [-0.4, -0.2) is 26.2 Å². The monoisotopic (exact) mass is 236 g/mol. The van der Waals surface area contributed by atoms with Gasteiger partial charge in [-0.2, -0.15) is 0 Å². The fourth-order valence-electron chi connectivity index (χ4n) is 1.08. The molecule has 6 nitrogen and oxygen atoms in total. The Morgan fingerprint density at radius 1 is 1.50 bits per heavy atom. The van der Waals surface area contributed by atoms with Gasteiger partial charge in [-0.15, -0.1) is 10.2 Å². The van der Waals surface area contributed by atoms with Crippen LogP contribution >= 0.6 is 11.3 Å². The molecule has 0 fully saturated rings. The summed E-state index contributed by atoms with van der Waals surface area (Å²) in [6.45, 7) is 0.